The third-order valence-electron chi connectivity index (χ3n) is 6.25. The molecular weight excluding hydrogens is 338 g/mol. The quantitative estimate of drug-likeness (QED) is 0.779. The van der Waals surface area contributed by atoms with Gasteiger partial charge in [-0.25, -0.2) is 9.78 Å². The van der Waals surface area contributed by atoms with Crippen LogP contribution in [-0.4, -0.2) is 71.1 Å². The van der Waals surface area contributed by atoms with Gasteiger partial charge in [-0.1, -0.05) is 29.8 Å². The van der Waals surface area contributed by atoms with Crippen LogP contribution in [0, 0.1) is 6.92 Å². The summed E-state index contributed by atoms with van der Waals surface area (Å²) in [7, 11) is 5.84. The lowest BCUT2D eigenvalue weighted by atomic mass is 9.83. The van der Waals surface area contributed by atoms with Crippen LogP contribution in [0.4, 0.5) is 4.79 Å². The first-order valence-electron chi connectivity index (χ1n) is 9.73. The van der Waals surface area contributed by atoms with Crippen LogP contribution in [0.25, 0.3) is 11.3 Å². The molecule has 0 atom stereocenters. The third-order valence-corrected chi connectivity index (χ3v) is 6.25. The molecule has 2 aromatic rings. The number of rotatable bonds is 1. The number of aryl methyl sites for hydroxylation is 1. The molecule has 4 rings (SSSR count). The maximum atomic E-state index is 12.3. The van der Waals surface area contributed by atoms with Gasteiger partial charge in [0.2, 0.25) is 0 Å². The number of hydrogen-bond acceptors (Lipinski definition) is 3. The highest BCUT2D eigenvalue weighted by Gasteiger charge is 2.46. The van der Waals surface area contributed by atoms with Crippen molar-refractivity contribution in [1.29, 1.82) is 0 Å². The number of aromatic nitrogens is 2. The van der Waals surface area contributed by atoms with Crippen molar-refractivity contribution in [2.75, 3.05) is 40.8 Å². The number of likely N-dealkylation sites (tertiary alicyclic amines) is 1. The van der Waals surface area contributed by atoms with Gasteiger partial charge in [0, 0.05) is 40.3 Å². The molecule has 0 unspecified atom stereocenters. The van der Waals surface area contributed by atoms with E-state index in [1.807, 2.05) is 25.2 Å². The lowest BCUT2D eigenvalue weighted by molar-refractivity contribution is 0.0158. The molecule has 6 nitrogen and oxygen atoms in total. The predicted octanol–water partition coefficient (Wildman–Crippen LogP) is 2.78. The van der Waals surface area contributed by atoms with E-state index in [4.69, 9.17) is 4.98 Å². The second kappa shape index (κ2) is 6.68. The molecule has 1 spiro atoms. The Balaban J connectivity index is 1.65. The minimum absolute atomic E-state index is 0.0791. The summed E-state index contributed by atoms with van der Waals surface area (Å²) in [5, 5.41) is 0. The fourth-order valence-corrected chi connectivity index (χ4v) is 4.52. The Labute approximate surface area is 161 Å². The SMILES string of the molecule is Cc1ccc(-c2cnc3n2CCN(C)C32CCN(C(=O)N(C)C)CC2)cc1. The van der Waals surface area contributed by atoms with Gasteiger partial charge in [-0.15, -0.1) is 0 Å². The molecule has 6 heteroatoms. The topological polar surface area (TPSA) is 44.6 Å². The van der Waals surface area contributed by atoms with Crippen molar-refractivity contribution in [2.45, 2.75) is 31.8 Å². The number of imidazole rings is 1. The van der Waals surface area contributed by atoms with E-state index in [-0.39, 0.29) is 11.6 Å². The van der Waals surface area contributed by atoms with Gasteiger partial charge in [0.15, 0.2) is 0 Å². The molecule has 2 aliphatic heterocycles. The normalized spacial score (nSPS) is 19.2. The minimum atomic E-state index is -0.0791. The molecule has 1 saturated heterocycles. The lowest BCUT2D eigenvalue weighted by Crippen LogP contribution is -2.57. The maximum absolute atomic E-state index is 12.3. The molecule has 0 aliphatic carbocycles. The van der Waals surface area contributed by atoms with Crippen LogP contribution in [0.2, 0.25) is 0 Å². The number of benzene rings is 1. The third kappa shape index (κ3) is 2.92. The van der Waals surface area contributed by atoms with Gasteiger partial charge >= 0.3 is 6.03 Å². The van der Waals surface area contributed by atoms with Crippen LogP contribution < -0.4 is 0 Å². The number of amides is 2. The molecule has 144 valence electrons. The van der Waals surface area contributed by atoms with E-state index >= 15 is 0 Å². The summed E-state index contributed by atoms with van der Waals surface area (Å²) in [4.78, 5) is 23.3. The monoisotopic (exact) mass is 367 g/mol. The molecule has 2 aliphatic rings. The summed E-state index contributed by atoms with van der Waals surface area (Å²) in [6.45, 7) is 5.62. The molecule has 2 amide bonds. The van der Waals surface area contributed by atoms with Crippen LogP contribution in [0.15, 0.2) is 30.5 Å². The second-order valence-electron chi connectivity index (χ2n) is 8.10. The standard InChI is InChI=1S/C21H29N5O/c1-16-5-7-17(8-6-16)18-15-22-19-21(24(4)13-14-26(18)19)9-11-25(12-10-21)20(27)23(2)3/h5-8,15H,9-14H2,1-4H3. The molecule has 0 bridgehead atoms. The number of fused-ring (bicyclic) bond motifs is 2. The van der Waals surface area contributed by atoms with Gasteiger partial charge in [0.1, 0.15) is 5.82 Å². The van der Waals surface area contributed by atoms with E-state index in [0.717, 1.165) is 44.8 Å². The van der Waals surface area contributed by atoms with Gasteiger partial charge in [0.25, 0.3) is 0 Å². The molecule has 0 N–H and O–H groups in total. The maximum Gasteiger partial charge on any atom is 0.319 e. The Kier molecular flexibility index (Phi) is 4.46. The summed E-state index contributed by atoms with van der Waals surface area (Å²) in [5.74, 6) is 1.16. The zero-order chi connectivity index (χ0) is 19.2. The van der Waals surface area contributed by atoms with Crippen molar-refractivity contribution >= 4 is 6.03 Å². The highest BCUT2D eigenvalue weighted by molar-refractivity contribution is 5.74. The van der Waals surface area contributed by atoms with Crippen molar-refractivity contribution in [1.82, 2.24) is 24.3 Å². The lowest BCUT2D eigenvalue weighted by Gasteiger charge is -2.49. The summed E-state index contributed by atoms with van der Waals surface area (Å²) in [6, 6.07) is 8.79. The largest absolute Gasteiger partial charge is 0.331 e. The summed E-state index contributed by atoms with van der Waals surface area (Å²) in [6.07, 6.45) is 3.87. The zero-order valence-corrected chi connectivity index (χ0v) is 16.8. The number of nitrogens with zero attached hydrogens (tertiary/aromatic N) is 5. The van der Waals surface area contributed by atoms with Gasteiger partial charge in [0.05, 0.1) is 17.4 Å². The molecule has 0 saturated carbocycles. The van der Waals surface area contributed by atoms with Crippen LogP contribution in [0.3, 0.4) is 0 Å². The summed E-state index contributed by atoms with van der Waals surface area (Å²) in [5.41, 5.74) is 3.61. The van der Waals surface area contributed by atoms with Crippen molar-refractivity contribution in [3.63, 3.8) is 0 Å². The average Bonchev–Trinajstić information content (AvgIpc) is 3.10. The number of piperidine rings is 1. The van der Waals surface area contributed by atoms with Crippen molar-refractivity contribution < 1.29 is 4.79 Å². The first-order valence-corrected chi connectivity index (χ1v) is 9.73. The van der Waals surface area contributed by atoms with E-state index in [1.54, 1.807) is 4.90 Å². The van der Waals surface area contributed by atoms with Crippen LogP contribution in [0.5, 0.6) is 0 Å². The fourth-order valence-electron chi connectivity index (χ4n) is 4.52. The van der Waals surface area contributed by atoms with Crippen LogP contribution in [-0.2, 0) is 12.1 Å². The first kappa shape index (κ1) is 18.0. The van der Waals surface area contributed by atoms with E-state index in [1.165, 1.54) is 16.8 Å². The van der Waals surface area contributed by atoms with Crippen molar-refractivity contribution in [3.05, 3.63) is 41.9 Å². The van der Waals surface area contributed by atoms with Gasteiger partial charge in [-0.05, 0) is 32.4 Å². The highest BCUT2D eigenvalue weighted by Crippen LogP contribution is 2.41. The Hall–Kier alpha value is -2.34. The molecular formula is C21H29N5O. The Bertz CT molecular complexity index is 831. The number of hydrogen-bond donors (Lipinski definition) is 0. The number of likely N-dealkylation sites (N-methyl/N-ethyl adjacent to an activating group) is 1. The Morgan fingerprint density at radius 1 is 1.07 bits per heavy atom. The molecule has 27 heavy (non-hydrogen) atoms. The number of carbonyl (C=O) groups is 1. The van der Waals surface area contributed by atoms with Crippen LogP contribution >= 0.6 is 0 Å². The van der Waals surface area contributed by atoms with Gasteiger partial charge in [-0.2, -0.15) is 0 Å². The molecule has 1 aromatic heterocycles. The molecule has 1 fully saturated rings. The summed E-state index contributed by atoms with van der Waals surface area (Å²) < 4.78 is 2.40. The van der Waals surface area contributed by atoms with E-state index < -0.39 is 0 Å². The smallest absolute Gasteiger partial charge is 0.319 e. The first-order chi connectivity index (χ1) is 12.9. The molecule has 0 radical (unpaired) electrons. The highest BCUT2D eigenvalue weighted by atomic mass is 16.2. The molecule has 3 heterocycles. The average molecular weight is 367 g/mol. The second-order valence-corrected chi connectivity index (χ2v) is 8.10. The Morgan fingerprint density at radius 2 is 1.74 bits per heavy atom. The number of carbonyl (C=O) groups excluding carboxylic acids is 1. The predicted molar refractivity (Wildman–Crippen MR) is 107 cm³/mol. The van der Waals surface area contributed by atoms with Crippen molar-refractivity contribution in [2.24, 2.45) is 0 Å². The summed E-state index contributed by atoms with van der Waals surface area (Å²) >= 11 is 0. The molecule has 1 aromatic carbocycles. The minimum Gasteiger partial charge on any atom is -0.331 e. The Morgan fingerprint density at radius 3 is 2.37 bits per heavy atom. The van der Waals surface area contributed by atoms with E-state index in [9.17, 15) is 4.79 Å². The van der Waals surface area contributed by atoms with E-state index in [2.05, 4.69) is 47.7 Å². The number of urea groups is 1. The van der Waals surface area contributed by atoms with Gasteiger partial charge < -0.3 is 14.4 Å². The van der Waals surface area contributed by atoms with E-state index in [0.29, 0.717) is 0 Å². The van der Waals surface area contributed by atoms with Crippen molar-refractivity contribution in [3.8, 4) is 11.3 Å². The van der Waals surface area contributed by atoms with Gasteiger partial charge in [-0.3, -0.25) is 4.90 Å². The zero-order valence-electron chi connectivity index (χ0n) is 16.8. The fraction of sp³-hybridized carbons (Fsp3) is 0.524. The van der Waals surface area contributed by atoms with Crippen LogP contribution in [0.1, 0.15) is 24.2 Å².